The van der Waals surface area contributed by atoms with Crippen LogP contribution in [0.15, 0.2) is 194 Å². The molecular formula is C68H68N2. The molecule has 0 aliphatic carbocycles. The van der Waals surface area contributed by atoms with Crippen molar-refractivity contribution in [1.82, 2.24) is 4.57 Å². The molecule has 1 heterocycles. The van der Waals surface area contributed by atoms with Crippen LogP contribution in [0.5, 0.6) is 0 Å². The molecule has 0 unspecified atom stereocenters. The van der Waals surface area contributed by atoms with Crippen molar-refractivity contribution in [2.45, 2.75) is 105 Å². The summed E-state index contributed by atoms with van der Waals surface area (Å²) >= 11 is 0. The highest BCUT2D eigenvalue weighted by Crippen LogP contribution is 2.47. The van der Waals surface area contributed by atoms with E-state index in [4.69, 9.17) is 0 Å². The number of rotatable bonds is 7. The van der Waals surface area contributed by atoms with Crippen molar-refractivity contribution in [1.29, 1.82) is 0 Å². The standard InChI is InChI=1S/C68H68N2/c1-65(2,3)49-38-48(39-50(41-49)66(4,5)6)56-28-20-22-46-23-21-29-59(64(46)56)57-26-16-18-30-61(57)69(55-43-51(67(7,8)9)42-52(44-55)68(10,11)12)54-35-32-45(33-36-54)47-34-37-63-60(40-47)58-27-17-19-31-62(58)70(63)53-24-14-13-15-25-53/h13-44H,1-12H3. The molecule has 0 aliphatic heterocycles. The Morgan fingerprint density at radius 2 is 0.829 bits per heavy atom. The minimum atomic E-state index is -0.0641. The zero-order valence-corrected chi connectivity index (χ0v) is 43.4. The summed E-state index contributed by atoms with van der Waals surface area (Å²) in [4.78, 5) is 2.51. The molecule has 2 heteroatoms. The van der Waals surface area contributed by atoms with Gasteiger partial charge in [0.15, 0.2) is 0 Å². The molecule has 0 aliphatic rings. The topological polar surface area (TPSA) is 8.17 Å². The normalized spacial score (nSPS) is 12.6. The SMILES string of the molecule is CC(C)(C)c1cc(-c2cccc3cccc(-c4ccccc4N(c4ccc(-c5ccc6c(c5)c5ccccc5n6-c5ccccc5)cc4)c4cc(C(C)(C)C)cc(C(C)(C)C)c4)c23)cc(C(C)(C)C)c1. The Hall–Kier alpha value is -7.16. The van der Waals surface area contributed by atoms with Gasteiger partial charge in [-0.2, -0.15) is 0 Å². The molecule has 10 rings (SSSR count). The summed E-state index contributed by atoms with van der Waals surface area (Å²) in [7, 11) is 0. The van der Waals surface area contributed by atoms with Gasteiger partial charge in [-0.3, -0.25) is 0 Å². The van der Waals surface area contributed by atoms with Crippen LogP contribution in [0.4, 0.5) is 17.1 Å². The predicted molar refractivity (Wildman–Crippen MR) is 304 cm³/mol. The molecular weight excluding hydrogens is 845 g/mol. The van der Waals surface area contributed by atoms with Gasteiger partial charge in [0.05, 0.1) is 16.7 Å². The highest BCUT2D eigenvalue weighted by molar-refractivity contribution is 6.11. The summed E-state index contributed by atoms with van der Waals surface area (Å²) in [6.45, 7) is 28.0. The highest BCUT2D eigenvalue weighted by Gasteiger charge is 2.27. The van der Waals surface area contributed by atoms with Gasteiger partial charge < -0.3 is 9.47 Å². The molecule has 10 aromatic rings. The van der Waals surface area contributed by atoms with E-state index in [2.05, 4.69) is 287 Å². The van der Waals surface area contributed by atoms with E-state index in [0.717, 1.165) is 17.1 Å². The van der Waals surface area contributed by atoms with E-state index in [1.807, 2.05) is 0 Å². The second-order valence-electron chi connectivity index (χ2n) is 23.6. The fourth-order valence-electron chi connectivity index (χ4n) is 10.2. The Bertz CT molecular complexity index is 3490. The molecule has 9 aromatic carbocycles. The largest absolute Gasteiger partial charge is 0.310 e. The van der Waals surface area contributed by atoms with Crippen molar-refractivity contribution < 1.29 is 0 Å². The first kappa shape index (κ1) is 46.6. The summed E-state index contributed by atoms with van der Waals surface area (Å²) in [5.41, 5.74) is 19.5. The van der Waals surface area contributed by atoms with E-state index in [1.165, 1.54) is 93.9 Å². The van der Waals surface area contributed by atoms with Crippen LogP contribution in [0.1, 0.15) is 105 Å². The van der Waals surface area contributed by atoms with Crippen LogP contribution in [0.25, 0.3) is 71.6 Å². The van der Waals surface area contributed by atoms with E-state index < -0.39 is 0 Å². The van der Waals surface area contributed by atoms with E-state index in [1.54, 1.807) is 0 Å². The molecule has 0 bridgehead atoms. The van der Waals surface area contributed by atoms with Gasteiger partial charge in [-0.25, -0.2) is 0 Å². The maximum absolute atomic E-state index is 2.51. The van der Waals surface area contributed by atoms with Crippen molar-refractivity contribution >= 4 is 49.6 Å². The Labute approximate surface area is 417 Å². The fourth-order valence-corrected chi connectivity index (χ4v) is 10.2. The lowest BCUT2D eigenvalue weighted by molar-refractivity contribution is 0.568. The molecule has 350 valence electrons. The second kappa shape index (κ2) is 17.4. The van der Waals surface area contributed by atoms with Crippen molar-refractivity contribution in [3.05, 3.63) is 216 Å². The molecule has 0 radical (unpaired) electrons. The zero-order chi connectivity index (χ0) is 49.3. The Kier molecular flexibility index (Phi) is 11.5. The molecule has 0 amide bonds. The molecule has 0 spiro atoms. The van der Waals surface area contributed by atoms with Crippen molar-refractivity contribution in [3.8, 4) is 39.1 Å². The summed E-state index contributed by atoms with van der Waals surface area (Å²) in [5.74, 6) is 0. The molecule has 70 heavy (non-hydrogen) atoms. The molecule has 0 fully saturated rings. The summed E-state index contributed by atoms with van der Waals surface area (Å²) in [6.07, 6.45) is 0. The smallest absolute Gasteiger partial charge is 0.0541 e. The molecule has 0 N–H and O–H groups in total. The van der Waals surface area contributed by atoms with E-state index in [0.29, 0.717) is 0 Å². The van der Waals surface area contributed by atoms with Gasteiger partial charge in [0.25, 0.3) is 0 Å². The molecule has 0 atom stereocenters. The van der Waals surface area contributed by atoms with Gasteiger partial charge in [-0.05, 0) is 143 Å². The number of benzene rings is 9. The van der Waals surface area contributed by atoms with Crippen LogP contribution >= 0.6 is 0 Å². The fraction of sp³-hybridized carbons (Fsp3) is 0.235. The first-order valence-electron chi connectivity index (χ1n) is 25.2. The van der Waals surface area contributed by atoms with Crippen molar-refractivity contribution in [2.24, 2.45) is 0 Å². The van der Waals surface area contributed by atoms with Gasteiger partial charge in [-0.15, -0.1) is 0 Å². The van der Waals surface area contributed by atoms with Crippen LogP contribution in [0, 0.1) is 0 Å². The number of fused-ring (bicyclic) bond motifs is 4. The average molecular weight is 913 g/mol. The Morgan fingerprint density at radius 3 is 1.44 bits per heavy atom. The molecule has 0 saturated carbocycles. The van der Waals surface area contributed by atoms with Crippen LogP contribution in [0.2, 0.25) is 0 Å². The number of hydrogen-bond acceptors (Lipinski definition) is 1. The number of anilines is 3. The van der Waals surface area contributed by atoms with Gasteiger partial charge in [0.2, 0.25) is 0 Å². The number of para-hydroxylation sites is 3. The van der Waals surface area contributed by atoms with E-state index in [9.17, 15) is 0 Å². The lowest BCUT2D eigenvalue weighted by atomic mass is 9.78. The quantitative estimate of drug-likeness (QED) is 0.155. The minimum Gasteiger partial charge on any atom is -0.310 e. The van der Waals surface area contributed by atoms with Crippen LogP contribution in [-0.2, 0) is 21.7 Å². The minimum absolute atomic E-state index is 0.00485. The van der Waals surface area contributed by atoms with Crippen LogP contribution in [0.3, 0.4) is 0 Å². The maximum atomic E-state index is 2.51. The lowest BCUT2D eigenvalue weighted by Gasteiger charge is -2.32. The van der Waals surface area contributed by atoms with Crippen molar-refractivity contribution in [3.63, 3.8) is 0 Å². The molecule has 2 nitrogen and oxygen atoms in total. The highest BCUT2D eigenvalue weighted by atomic mass is 15.1. The second-order valence-corrected chi connectivity index (χ2v) is 23.6. The first-order valence-corrected chi connectivity index (χ1v) is 25.2. The predicted octanol–water partition coefficient (Wildman–Crippen LogP) is 19.6. The van der Waals surface area contributed by atoms with E-state index >= 15 is 0 Å². The van der Waals surface area contributed by atoms with Gasteiger partial charge in [-0.1, -0.05) is 217 Å². The van der Waals surface area contributed by atoms with Gasteiger partial charge in [0.1, 0.15) is 0 Å². The summed E-state index contributed by atoms with van der Waals surface area (Å²) in [5, 5.41) is 5.00. The first-order chi connectivity index (χ1) is 33.2. The number of hydrogen-bond donors (Lipinski definition) is 0. The monoisotopic (exact) mass is 913 g/mol. The molecule has 0 saturated heterocycles. The maximum Gasteiger partial charge on any atom is 0.0541 e. The van der Waals surface area contributed by atoms with Crippen molar-refractivity contribution in [2.75, 3.05) is 4.90 Å². The van der Waals surface area contributed by atoms with Gasteiger partial charge >= 0.3 is 0 Å². The third kappa shape index (κ3) is 8.74. The number of nitrogens with zero attached hydrogens (tertiary/aromatic N) is 2. The van der Waals surface area contributed by atoms with Crippen LogP contribution in [-0.4, -0.2) is 4.57 Å². The zero-order valence-electron chi connectivity index (χ0n) is 43.4. The van der Waals surface area contributed by atoms with Gasteiger partial charge in [0, 0.05) is 33.4 Å². The molecule has 1 aromatic heterocycles. The third-order valence-corrected chi connectivity index (χ3v) is 14.4. The Morgan fingerprint density at radius 1 is 0.329 bits per heavy atom. The van der Waals surface area contributed by atoms with Crippen LogP contribution < -0.4 is 4.90 Å². The third-order valence-electron chi connectivity index (χ3n) is 14.4. The average Bonchev–Trinajstić information content (AvgIpc) is 3.67. The lowest BCUT2D eigenvalue weighted by Crippen LogP contribution is -2.19. The summed E-state index contributed by atoms with van der Waals surface area (Å²) in [6, 6.07) is 73.0. The Balaban J connectivity index is 1.17. The van der Waals surface area contributed by atoms with E-state index in [-0.39, 0.29) is 21.7 Å². The number of aromatic nitrogens is 1. The summed E-state index contributed by atoms with van der Waals surface area (Å²) < 4.78 is 2.38.